The van der Waals surface area contributed by atoms with E-state index in [1.165, 1.54) is 11.3 Å². The number of amides is 1. The number of nitrogens with one attached hydrogen (secondary N) is 1. The Morgan fingerprint density at radius 1 is 1.17 bits per heavy atom. The summed E-state index contributed by atoms with van der Waals surface area (Å²) in [6.45, 7) is 7.94. The minimum Gasteiger partial charge on any atom is -0.481 e. The van der Waals surface area contributed by atoms with Gasteiger partial charge in [-0.2, -0.15) is 0 Å². The van der Waals surface area contributed by atoms with Crippen LogP contribution in [0.2, 0.25) is 5.02 Å². The van der Waals surface area contributed by atoms with Crippen LogP contribution in [0.1, 0.15) is 40.5 Å². The Kier molecular flexibility index (Phi) is 6.93. The number of rotatable bonds is 7. The minimum atomic E-state index is -0.570. The molecule has 0 bridgehead atoms. The first kappa shape index (κ1) is 21.3. The largest absolute Gasteiger partial charge is 0.481 e. The van der Waals surface area contributed by atoms with Crippen LogP contribution >= 0.6 is 22.9 Å². The Morgan fingerprint density at radius 2 is 1.90 bits per heavy atom. The number of ether oxygens (including phenoxy) is 1. The number of carbonyl (C=O) groups is 1. The molecule has 0 saturated carbocycles. The molecule has 1 aromatic heterocycles. The number of thiazole rings is 1. The van der Waals surface area contributed by atoms with E-state index >= 15 is 0 Å². The highest BCUT2D eigenvalue weighted by Crippen LogP contribution is 2.25. The second-order valence-electron chi connectivity index (χ2n) is 7.22. The molecule has 1 unspecified atom stereocenters. The van der Waals surface area contributed by atoms with Crippen molar-refractivity contribution in [1.82, 2.24) is 4.98 Å². The standard InChI is InChI=1S/C23H25ClN2O2S/c1-5-21(28-18-9-14(2)8-15(3)10-18)22(27)26-23-25-13-19(29-23)11-17-7-6-16(4)20(24)12-17/h6-10,12-13,21H,5,11H2,1-4H3,(H,25,26,27). The van der Waals surface area contributed by atoms with E-state index in [0.29, 0.717) is 17.3 Å². The molecule has 2 aromatic carbocycles. The van der Waals surface area contributed by atoms with Gasteiger partial charge in [0, 0.05) is 22.5 Å². The molecule has 0 aliphatic carbocycles. The van der Waals surface area contributed by atoms with E-state index in [4.69, 9.17) is 16.3 Å². The maximum absolute atomic E-state index is 12.7. The molecule has 1 amide bonds. The second-order valence-corrected chi connectivity index (χ2v) is 8.74. The van der Waals surface area contributed by atoms with Gasteiger partial charge < -0.3 is 4.74 Å². The fourth-order valence-corrected chi connectivity index (χ4v) is 4.12. The predicted molar refractivity (Wildman–Crippen MR) is 120 cm³/mol. The SMILES string of the molecule is CCC(Oc1cc(C)cc(C)c1)C(=O)Nc1ncc(Cc2ccc(C)c(Cl)c2)s1. The average molecular weight is 429 g/mol. The lowest BCUT2D eigenvalue weighted by Crippen LogP contribution is -2.32. The van der Waals surface area contributed by atoms with Crippen molar-refractivity contribution in [3.05, 3.63) is 74.7 Å². The summed E-state index contributed by atoms with van der Waals surface area (Å²) in [7, 11) is 0. The molecule has 4 nitrogen and oxygen atoms in total. The van der Waals surface area contributed by atoms with Crippen molar-refractivity contribution in [2.45, 2.75) is 46.6 Å². The quantitative estimate of drug-likeness (QED) is 0.494. The van der Waals surface area contributed by atoms with Crippen LogP contribution in [-0.2, 0) is 11.2 Å². The van der Waals surface area contributed by atoms with Crippen LogP contribution < -0.4 is 10.1 Å². The van der Waals surface area contributed by atoms with Crippen LogP contribution in [0.25, 0.3) is 0 Å². The molecule has 0 aliphatic rings. The van der Waals surface area contributed by atoms with Crippen molar-refractivity contribution in [3.8, 4) is 5.75 Å². The Hall–Kier alpha value is -2.37. The molecule has 0 radical (unpaired) electrons. The van der Waals surface area contributed by atoms with Gasteiger partial charge in [-0.1, -0.05) is 36.7 Å². The van der Waals surface area contributed by atoms with Gasteiger partial charge in [0.25, 0.3) is 5.91 Å². The molecule has 0 aliphatic heterocycles. The zero-order valence-electron chi connectivity index (χ0n) is 17.1. The third kappa shape index (κ3) is 5.81. The van der Waals surface area contributed by atoms with Crippen molar-refractivity contribution < 1.29 is 9.53 Å². The summed E-state index contributed by atoms with van der Waals surface area (Å²) in [6.07, 6.45) is 2.52. The maximum Gasteiger partial charge on any atom is 0.267 e. The first-order valence-corrected chi connectivity index (χ1v) is 10.8. The van der Waals surface area contributed by atoms with Gasteiger partial charge in [0.2, 0.25) is 0 Å². The molecular weight excluding hydrogens is 404 g/mol. The molecule has 0 fully saturated rings. The summed E-state index contributed by atoms with van der Waals surface area (Å²) < 4.78 is 5.94. The molecule has 1 N–H and O–H groups in total. The number of aryl methyl sites for hydroxylation is 3. The average Bonchev–Trinajstić information content (AvgIpc) is 3.08. The van der Waals surface area contributed by atoms with E-state index in [-0.39, 0.29) is 5.91 Å². The van der Waals surface area contributed by atoms with Crippen LogP contribution in [0.15, 0.2) is 42.6 Å². The molecule has 3 aromatic rings. The maximum atomic E-state index is 12.7. The molecule has 29 heavy (non-hydrogen) atoms. The summed E-state index contributed by atoms with van der Waals surface area (Å²) in [5.41, 5.74) is 4.39. The molecular formula is C23H25ClN2O2S. The van der Waals surface area contributed by atoms with E-state index < -0.39 is 6.10 Å². The Balaban J connectivity index is 1.64. The fraction of sp³-hybridized carbons (Fsp3) is 0.304. The van der Waals surface area contributed by atoms with Gasteiger partial charge in [-0.05, 0) is 67.6 Å². The first-order valence-electron chi connectivity index (χ1n) is 9.59. The van der Waals surface area contributed by atoms with E-state index in [9.17, 15) is 4.79 Å². The van der Waals surface area contributed by atoms with Gasteiger partial charge in [-0.15, -0.1) is 11.3 Å². The van der Waals surface area contributed by atoms with Gasteiger partial charge in [-0.25, -0.2) is 4.98 Å². The summed E-state index contributed by atoms with van der Waals surface area (Å²) in [6, 6.07) is 12.0. The van der Waals surface area contributed by atoms with Crippen molar-refractivity contribution in [3.63, 3.8) is 0 Å². The highest BCUT2D eigenvalue weighted by molar-refractivity contribution is 7.15. The lowest BCUT2D eigenvalue weighted by atomic mass is 10.1. The van der Waals surface area contributed by atoms with Gasteiger partial charge in [0.15, 0.2) is 11.2 Å². The molecule has 6 heteroatoms. The predicted octanol–water partition coefficient (Wildman–Crippen LogP) is 6.11. The molecule has 1 atom stereocenters. The lowest BCUT2D eigenvalue weighted by molar-refractivity contribution is -0.122. The normalized spacial score (nSPS) is 11.9. The third-order valence-electron chi connectivity index (χ3n) is 4.54. The molecule has 152 valence electrons. The number of hydrogen-bond donors (Lipinski definition) is 1. The number of hydrogen-bond acceptors (Lipinski definition) is 4. The van der Waals surface area contributed by atoms with Gasteiger partial charge in [0.05, 0.1) is 0 Å². The summed E-state index contributed by atoms with van der Waals surface area (Å²) >= 11 is 7.67. The Bertz CT molecular complexity index is 996. The third-order valence-corrected chi connectivity index (χ3v) is 5.86. The Labute approximate surface area is 180 Å². The van der Waals surface area contributed by atoms with Gasteiger partial charge in [-0.3, -0.25) is 10.1 Å². The smallest absolute Gasteiger partial charge is 0.267 e. The van der Waals surface area contributed by atoms with Crippen molar-refractivity contribution in [2.24, 2.45) is 0 Å². The monoisotopic (exact) mass is 428 g/mol. The zero-order chi connectivity index (χ0) is 21.0. The number of carbonyl (C=O) groups excluding carboxylic acids is 1. The lowest BCUT2D eigenvalue weighted by Gasteiger charge is -2.17. The minimum absolute atomic E-state index is 0.189. The second kappa shape index (κ2) is 9.42. The highest BCUT2D eigenvalue weighted by atomic mass is 35.5. The highest BCUT2D eigenvalue weighted by Gasteiger charge is 2.20. The Morgan fingerprint density at radius 3 is 2.55 bits per heavy atom. The van der Waals surface area contributed by atoms with Gasteiger partial charge >= 0.3 is 0 Å². The first-order chi connectivity index (χ1) is 13.8. The topological polar surface area (TPSA) is 51.2 Å². The van der Waals surface area contributed by atoms with E-state index in [1.54, 1.807) is 6.20 Å². The van der Waals surface area contributed by atoms with E-state index in [0.717, 1.165) is 38.6 Å². The summed E-state index contributed by atoms with van der Waals surface area (Å²) in [4.78, 5) is 18.1. The zero-order valence-corrected chi connectivity index (χ0v) is 18.7. The van der Waals surface area contributed by atoms with Crippen molar-refractivity contribution in [2.75, 3.05) is 5.32 Å². The molecule has 3 rings (SSSR count). The van der Waals surface area contributed by atoms with E-state index in [2.05, 4.69) is 22.4 Å². The number of anilines is 1. The molecule has 0 spiro atoms. The number of benzene rings is 2. The van der Waals surface area contributed by atoms with E-state index in [1.807, 2.05) is 52.0 Å². The van der Waals surface area contributed by atoms with Crippen molar-refractivity contribution >= 4 is 34.0 Å². The van der Waals surface area contributed by atoms with Crippen LogP contribution in [0.5, 0.6) is 5.75 Å². The fourth-order valence-electron chi connectivity index (χ4n) is 3.07. The molecule has 0 saturated heterocycles. The van der Waals surface area contributed by atoms with Crippen LogP contribution in [0.3, 0.4) is 0 Å². The van der Waals surface area contributed by atoms with Crippen LogP contribution in [0, 0.1) is 20.8 Å². The summed E-state index contributed by atoms with van der Waals surface area (Å²) in [5, 5.41) is 4.22. The number of aromatic nitrogens is 1. The van der Waals surface area contributed by atoms with Crippen LogP contribution in [0.4, 0.5) is 5.13 Å². The molecule has 1 heterocycles. The van der Waals surface area contributed by atoms with Gasteiger partial charge in [0.1, 0.15) is 5.75 Å². The van der Waals surface area contributed by atoms with Crippen molar-refractivity contribution in [1.29, 1.82) is 0 Å². The summed E-state index contributed by atoms with van der Waals surface area (Å²) in [5.74, 6) is 0.520. The number of halogens is 1. The van der Waals surface area contributed by atoms with Crippen LogP contribution in [-0.4, -0.2) is 17.0 Å². The number of nitrogens with zero attached hydrogens (tertiary/aromatic N) is 1.